The fraction of sp³-hybridized carbons (Fsp3) is 0.875. The molecular weight excluding hydrogens is 254 g/mol. The molecule has 3 atom stereocenters. The number of aldehydes is 1. The van der Waals surface area contributed by atoms with E-state index >= 15 is 0 Å². The Labute approximate surface area is 121 Å². The minimum absolute atomic E-state index is 0.0357. The van der Waals surface area contributed by atoms with E-state index in [1.54, 1.807) is 0 Å². The highest BCUT2D eigenvalue weighted by Gasteiger charge is 2.53. The summed E-state index contributed by atoms with van der Waals surface area (Å²) in [6, 6.07) is 0.299. The zero-order valence-electron chi connectivity index (χ0n) is 13.1. The summed E-state index contributed by atoms with van der Waals surface area (Å²) in [6.45, 7) is 7.76. The number of ether oxygens (including phenoxy) is 1. The molecule has 2 fully saturated rings. The summed E-state index contributed by atoms with van der Waals surface area (Å²) in [6.07, 6.45) is 6.49. The molecule has 0 spiro atoms. The monoisotopic (exact) mass is 281 g/mol. The van der Waals surface area contributed by atoms with Crippen LogP contribution in [0.3, 0.4) is 0 Å². The largest absolute Gasteiger partial charge is 0.444 e. The van der Waals surface area contributed by atoms with Gasteiger partial charge in [0.1, 0.15) is 11.9 Å². The number of hydrogen-bond acceptors (Lipinski definition) is 3. The van der Waals surface area contributed by atoms with E-state index < -0.39 is 5.60 Å². The quantitative estimate of drug-likeness (QED) is 0.743. The van der Waals surface area contributed by atoms with Gasteiger partial charge in [-0.05, 0) is 52.9 Å². The molecule has 2 rings (SSSR count). The number of carbonyl (C=O) groups excluding carboxylic acids is 2. The van der Waals surface area contributed by atoms with Crippen molar-refractivity contribution in [2.45, 2.75) is 83.9 Å². The molecule has 0 aromatic carbocycles. The van der Waals surface area contributed by atoms with Crippen LogP contribution in [0.5, 0.6) is 0 Å². The van der Waals surface area contributed by atoms with Gasteiger partial charge in [0.2, 0.25) is 0 Å². The Morgan fingerprint density at radius 1 is 1.35 bits per heavy atom. The number of piperidine rings is 1. The highest BCUT2D eigenvalue weighted by atomic mass is 16.6. The fourth-order valence-electron chi connectivity index (χ4n) is 3.88. The van der Waals surface area contributed by atoms with E-state index in [0.717, 1.165) is 44.8 Å². The summed E-state index contributed by atoms with van der Waals surface area (Å²) in [5, 5.41) is 0. The lowest BCUT2D eigenvalue weighted by atomic mass is 9.72. The molecule has 2 saturated heterocycles. The van der Waals surface area contributed by atoms with E-state index in [0.29, 0.717) is 0 Å². The molecule has 0 radical (unpaired) electrons. The maximum Gasteiger partial charge on any atom is 0.410 e. The summed E-state index contributed by atoms with van der Waals surface area (Å²) in [5.74, 6) is 0. The van der Waals surface area contributed by atoms with Gasteiger partial charge in [-0.1, -0.05) is 13.3 Å². The Morgan fingerprint density at radius 3 is 2.60 bits per heavy atom. The van der Waals surface area contributed by atoms with Crippen molar-refractivity contribution in [2.75, 3.05) is 0 Å². The molecule has 2 aliphatic heterocycles. The number of amides is 1. The lowest BCUT2D eigenvalue weighted by Crippen LogP contribution is -2.55. The van der Waals surface area contributed by atoms with E-state index in [-0.39, 0.29) is 23.6 Å². The van der Waals surface area contributed by atoms with Gasteiger partial charge in [-0.3, -0.25) is 0 Å². The van der Waals surface area contributed by atoms with Crippen molar-refractivity contribution in [1.82, 2.24) is 4.90 Å². The number of hydrogen-bond donors (Lipinski definition) is 0. The van der Waals surface area contributed by atoms with Crippen LogP contribution in [0.2, 0.25) is 0 Å². The smallest absolute Gasteiger partial charge is 0.410 e. The minimum atomic E-state index is -0.484. The van der Waals surface area contributed by atoms with Gasteiger partial charge in [-0.15, -0.1) is 0 Å². The Bertz CT molecular complexity index is 388. The van der Waals surface area contributed by atoms with Crippen LogP contribution in [0.15, 0.2) is 0 Å². The number of nitrogens with zero attached hydrogens (tertiary/aromatic N) is 1. The van der Waals surface area contributed by atoms with Crippen molar-refractivity contribution < 1.29 is 14.3 Å². The summed E-state index contributed by atoms with van der Waals surface area (Å²) < 4.78 is 5.55. The van der Waals surface area contributed by atoms with Crippen LogP contribution in [0.25, 0.3) is 0 Å². The molecule has 0 aliphatic carbocycles. The van der Waals surface area contributed by atoms with E-state index in [9.17, 15) is 9.59 Å². The van der Waals surface area contributed by atoms with Crippen LogP contribution in [0.1, 0.15) is 66.2 Å². The highest BCUT2D eigenvalue weighted by Crippen LogP contribution is 2.48. The molecule has 0 aromatic heterocycles. The minimum Gasteiger partial charge on any atom is -0.444 e. The molecule has 0 saturated carbocycles. The molecule has 4 heteroatoms. The van der Waals surface area contributed by atoms with Crippen LogP contribution >= 0.6 is 0 Å². The van der Waals surface area contributed by atoms with Crippen LogP contribution in [0, 0.1) is 5.41 Å². The molecule has 1 amide bonds. The molecule has 4 nitrogen and oxygen atoms in total. The van der Waals surface area contributed by atoms with Gasteiger partial charge in [0.25, 0.3) is 0 Å². The fourth-order valence-corrected chi connectivity index (χ4v) is 3.88. The maximum absolute atomic E-state index is 12.5. The topological polar surface area (TPSA) is 46.6 Å². The zero-order chi connectivity index (χ0) is 15.0. The lowest BCUT2D eigenvalue weighted by Gasteiger charge is -2.46. The average Bonchev–Trinajstić information content (AvgIpc) is 2.69. The van der Waals surface area contributed by atoms with E-state index in [4.69, 9.17) is 4.74 Å². The Hall–Kier alpha value is -1.06. The standard InChI is InChI=1S/C16H27NO3/c1-5-9-16(11-18)10-8-12-6-7-13(16)17(12)14(19)20-15(2,3)4/h11-13H,5-10H2,1-4H3/t12-,13+,16+/m0/s1. The summed E-state index contributed by atoms with van der Waals surface area (Å²) >= 11 is 0. The molecule has 0 N–H and O–H groups in total. The van der Waals surface area contributed by atoms with Crippen molar-refractivity contribution in [1.29, 1.82) is 0 Å². The number of fused-ring (bicyclic) bond motifs is 2. The van der Waals surface area contributed by atoms with Crippen molar-refractivity contribution in [3.63, 3.8) is 0 Å². The third-order valence-corrected chi connectivity index (χ3v) is 4.66. The Morgan fingerprint density at radius 2 is 2.05 bits per heavy atom. The first kappa shape index (κ1) is 15.3. The second-order valence-electron chi connectivity index (χ2n) is 7.27. The lowest BCUT2D eigenvalue weighted by molar-refractivity contribution is -0.123. The first-order valence-electron chi connectivity index (χ1n) is 7.80. The van der Waals surface area contributed by atoms with Crippen molar-refractivity contribution in [2.24, 2.45) is 5.41 Å². The van der Waals surface area contributed by atoms with Crippen molar-refractivity contribution in [3.8, 4) is 0 Å². The first-order valence-corrected chi connectivity index (χ1v) is 7.80. The summed E-state index contributed by atoms with van der Waals surface area (Å²) in [4.78, 5) is 26.1. The Kier molecular flexibility index (Phi) is 4.12. The highest BCUT2D eigenvalue weighted by molar-refractivity contribution is 5.72. The molecule has 114 valence electrons. The third-order valence-electron chi connectivity index (χ3n) is 4.66. The van der Waals surface area contributed by atoms with Crippen molar-refractivity contribution in [3.05, 3.63) is 0 Å². The molecule has 2 bridgehead atoms. The molecule has 2 aliphatic rings. The van der Waals surface area contributed by atoms with Gasteiger partial charge >= 0.3 is 6.09 Å². The van der Waals surface area contributed by atoms with E-state index in [1.807, 2.05) is 25.7 Å². The van der Waals surface area contributed by atoms with Gasteiger partial charge in [0.15, 0.2) is 0 Å². The molecule has 2 heterocycles. The summed E-state index contributed by atoms with van der Waals surface area (Å²) in [5.41, 5.74) is -0.832. The average molecular weight is 281 g/mol. The number of carbonyl (C=O) groups is 2. The molecular formula is C16H27NO3. The zero-order valence-corrected chi connectivity index (χ0v) is 13.1. The van der Waals surface area contributed by atoms with E-state index in [2.05, 4.69) is 6.92 Å². The van der Waals surface area contributed by atoms with Crippen LogP contribution in [-0.4, -0.2) is 35.0 Å². The molecule has 20 heavy (non-hydrogen) atoms. The predicted molar refractivity (Wildman–Crippen MR) is 77.5 cm³/mol. The molecule has 0 aromatic rings. The van der Waals surface area contributed by atoms with Gasteiger partial charge in [-0.25, -0.2) is 4.79 Å². The number of rotatable bonds is 3. The maximum atomic E-state index is 12.5. The predicted octanol–water partition coefficient (Wildman–Crippen LogP) is 3.53. The van der Waals surface area contributed by atoms with Crippen LogP contribution < -0.4 is 0 Å². The van der Waals surface area contributed by atoms with Gasteiger partial charge < -0.3 is 14.4 Å². The van der Waals surface area contributed by atoms with Gasteiger partial charge in [0.05, 0.1) is 0 Å². The van der Waals surface area contributed by atoms with Gasteiger partial charge in [-0.2, -0.15) is 0 Å². The second-order valence-corrected chi connectivity index (χ2v) is 7.27. The van der Waals surface area contributed by atoms with Crippen molar-refractivity contribution >= 4 is 12.4 Å². The van der Waals surface area contributed by atoms with Crippen LogP contribution in [0.4, 0.5) is 4.79 Å². The SMILES string of the molecule is CCC[C@]1(C=O)CC[C@@H]2CC[C@H]1N2C(=O)OC(C)(C)C. The van der Waals surface area contributed by atoms with Crippen LogP contribution in [-0.2, 0) is 9.53 Å². The normalized spacial score (nSPS) is 33.1. The first-order chi connectivity index (χ1) is 9.33. The second kappa shape index (κ2) is 5.38. The third kappa shape index (κ3) is 2.70. The summed E-state index contributed by atoms with van der Waals surface area (Å²) in [7, 11) is 0. The van der Waals surface area contributed by atoms with Gasteiger partial charge in [0, 0.05) is 17.5 Å². The van der Waals surface area contributed by atoms with E-state index in [1.165, 1.54) is 0 Å². The Balaban J connectivity index is 2.21. The molecule has 0 unspecified atom stereocenters.